The first kappa shape index (κ1) is 16.8. The number of aliphatic hydroxyl groups excluding tert-OH is 1. The number of para-hydroxylation sites is 1. The highest BCUT2D eigenvalue weighted by Crippen LogP contribution is 2.19. The molecule has 0 heterocycles. The van der Waals surface area contributed by atoms with Gasteiger partial charge in [-0.25, -0.2) is 0 Å². The molecule has 4 N–H and O–H groups in total. The Morgan fingerprint density at radius 1 is 1.33 bits per heavy atom. The lowest BCUT2D eigenvalue weighted by molar-refractivity contribution is -0.201. The van der Waals surface area contributed by atoms with Crippen molar-refractivity contribution in [3.8, 4) is 5.75 Å². The molecule has 0 bridgehead atoms. The van der Waals surface area contributed by atoms with Gasteiger partial charge in [-0.15, -0.1) is 0 Å². The molecule has 0 saturated heterocycles. The Hall–Kier alpha value is -2.29. The van der Waals surface area contributed by atoms with Gasteiger partial charge in [-0.05, 0) is 12.1 Å². The third kappa shape index (κ3) is 5.30. The number of amides is 2. The van der Waals surface area contributed by atoms with Gasteiger partial charge in [-0.1, -0.05) is 12.1 Å². The second-order valence-electron chi connectivity index (χ2n) is 4.01. The topological polar surface area (TPSA) is 102 Å². The zero-order chi connectivity index (χ0) is 16.0. The van der Waals surface area contributed by atoms with Gasteiger partial charge in [-0.2, -0.15) is 13.2 Å². The van der Waals surface area contributed by atoms with Gasteiger partial charge in [0.2, 0.25) is 0 Å². The number of nitrogens with two attached hydrogens (primary N) is 1. The van der Waals surface area contributed by atoms with Crippen molar-refractivity contribution in [3.63, 3.8) is 0 Å². The molecule has 0 spiro atoms. The van der Waals surface area contributed by atoms with E-state index >= 15 is 0 Å². The fraction of sp³-hybridized carbons (Fsp3) is 0.333. The van der Waals surface area contributed by atoms with Crippen molar-refractivity contribution in [1.82, 2.24) is 5.32 Å². The predicted molar refractivity (Wildman–Crippen MR) is 65.5 cm³/mol. The van der Waals surface area contributed by atoms with Gasteiger partial charge in [-0.3, -0.25) is 9.59 Å². The van der Waals surface area contributed by atoms with Gasteiger partial charge in [0.15, 0.2) is 12.7 Å². The molecule has 6 nitrogen and oxygen atoms in total. The minimum atomic E-state index is -4.81. The first-order valence-corrected chi connectivity index (χ1v) is 5.75. The minimum absolute atomic E-state index is 0.0384. The Labute approximate surface area is 117 Å². The van der Waals surface area contributed by atoms with E-state index in [-0.39, 0.29) is 11.3 Å². The van der Waals surface area contributed by atoms with Crippen LogP contribution >= 0.6 is 0 Å². The summed E-state index contributed by atoms with van der Waals surface area (Å²) in [6.45, 7) is -1.60. The molecule has 1 aromatic carbocycles. The molecule has 0 radical (unpaired) electrons. The first-order valence-electron chi connectivity index (χ1n) is 5.75. The molecule has 0 aliphatic carbocycles. The standard InChI is InChI=1S/C12H13F3N2O4/c13-12(14,15)9(18)5-17-10(19)6-21-8-4-2-1-3-7(8)11(16)20/h1-4,9,18H,5-6H2,(H2,16,20)(H,17,19). The van der Waals surface area contributed by atoms with E-state index in [0.29, 0.717) is 0 Å². The van der Waals surface area contributed by atoms with E-state index in [1.807, 2.05) is 5.32 Å². The van der Waals surface area contributed by atoms with Crippen molar-refractivity contribution in [3.05, 3.63) is 29.8 Å². The Morgan fingerprint density at radius 2 is 1.95 bits per heavy atom. The van der Waals surface area contributed by atoms with Crippen LogP contribution in [0.3, 0.4) is 0 Å². The lowest BCUT2D eigenvalue weighted by Gasteiger charge is -2.15. The molecule has 0 aliphatic rings. The van der Waals surface area contributed by atoms with E-state index in [1.165, 1.54) is 24.3 Å². The molecule has 116 valence electrons. The monoisotopic (exact) mass is 306 g/mol. The van der Waals surface area contributed by atoms with Gasteiger partial charge in [0, 0.05) is 0 Å². The summed E-state index contributed by atoms with van der Waals surface area (Å²) in [6.07, 6.45) is -7.47. The van der Waals surface area contributed by atoms with E-state index in [4.69, 9.17) is 15.6 Å². The number of aliphatic hydroxyl groups is 1. The number of alkyl halides is 3. The molecule has 9 heteroatoms. The molecule has 0 saturated carbocycles. The van der Waals surface area contributed by atoms with Crippen molar-refractivity contribution in [2.75, 3.05) is 13.2 Å². The van der Waals surface area contributed by atoms with Crippen LogP contribution in [0.25, 0.3) is 0 Å². The normalized spacial score (nSPS) is 12.6. The number of nitrogens with one attached hydrogen (secondary N) is 1. The van der Waals surface area contributed by atoms with Crippen molar-refractivity contribution < 1.29 is 32.6 Å². The van der Waals surface area contributed by atoms with Crippen LogP contribution in [0, 0.1) is 0 Å². The highest BCUT2D eigenvalue weighted by molar-refractivity contribution is 5.95. The van der Waals surface area contributed by atoms with Crippen LogP contribution in [0.2, 0.25) is 0 Å². The number of ether oxygens (including phenoxy) is 1. The summed E-state index contributed by atoms with van der Waals surface area (Å²) < 4.78 is 41.0. The van der Waals surface area contributed by atoms with Crippen LogP contribution in [0.15, 0.2) is 24.3 Å². The summed E-state index contributed by atoms with van der Waals surface area (Å²) >= 11 is 0. The molecule has 1 atom stereocenters. The number of primary amides is 1. The van der Waals surface area contributed by atoms with Gasteiger partial charge in [0.1, 0.15) is 5.75 Å². The molecular weight excluding hydrogens is 293 g/mol. The SMILES string of the molecule is NC(=O)c1ccccc1OCC(=O)NCC(O)C(F)(F)F. The number of rotatable bonds is 6. The third-order valence-corrected chi connectivity index (χ3v) is 2.38. The van der Waals surface area contributed by atoms with Crippen LogP contribution in [0.1, 0.15) is 10.4 Å². The Morgan fingerprint density at radius 3 is 2.52 bits per heavy atom. The van der Waals surface area contributed by atoms with E-state index in [2.05, 4.69) is 0 Å². The number of benzene rings is 1. The van der Waals surface area contributed by atoms with E-state index in [0.717, 1.165) is 0 Å². The van der Waals surface area contributed by atoms with Crippen LogP contribution in [0.4, 0.5) is 13.2 Å². The fourth-order valence-electron chi connectivity index (χ4n) is 1.32. The molecule has 1 rings (SSSR count). The van der Waals surface area contributed by atoms with Crippen molar-refractivity contribution in [2.24, 2.45) is 5.73 Å². The average Bonchev–Trinajstić information content (AvgIpc) is 2.41. The minimum Gasteiger partial charge on any atom is -0.483 e. The number of hydrogen-bond donors (Lipinski definition) is 3. The summed E-state index contributed by atoms with van der Waals surface area (Å²) in [5.41, 5.74) is 5.13. The molecular formula is C12H13F3N2O4. The van der Waals surface area contributed by atoms with Crippen LogP contribution in [-0.4, -0.2) is 42.4 Å². The molecule has 0 aromatic heterocycles. The molecule has 0 aliphatic heterocycles. The first-order chi connectivity index (χ1) is 9.71. The summed E-state index contributed by atoms with van der Waals surface area (Å²) in [6, 6.07) is 5.83. The quantitative estimate of drug-likeness (QED) is 0.699. The highest BCUT2D eigenvalue weighted by atomic mass is 19.4. The molecule has 21 heavy (non-hydrogen) atoms. The Bertz CT molecular complexity index is 519. The van der Waals surface area contributed by atoms with Crippen LogP contribution < -0.4 is 15.8 Å². The second kappa shape index (κ2) is 6.93. The smallest absolute Gasteiger partial charge is 0.416 e. The van der Waals surface area contributed by atoms with Crippen LogP contribution in [0.5, 0.6) is 5.75 Å². The Kier molecular flexibility index (Phi) is 5.53. The van der Waals surface area contributed by atoms with E-state index < -0.39 is 37.2 Å². The average molecular weight is 306 g/mol. The predicted octanol–water partition coefficient (Wildman–Crippen LogP) is 0.204. The van der Waals surface area contributed by atoms with Gasteiger partial charge in [0.25, 0.3) is 11.8 Å². The van der Waals surface area contributed by atoms with Gasteiger partial charge in [0.05, 0.1) is 12.1 Å². The number of carbonyl (C=O) groups excluding carboxylic acids is 2. The zero-order valence-electron chi connectivity index (χ0n) is 10.7. The largest absolute Gasteiger partial charge is 0.483 e. The van der Waals surface area contributed by atoms with Crippen molar-refractivity contribution >= 4 is 11.8 Å². The lowest BCUT2D eigenvalue weighted by atomic mass is 10.2. The van der Waals surface area contributed by atoms with E-state index in [9.17, 15) is 22.8 Å². The number of halogens is 3. The lowest BCUT2D eigenvalue weighted by Crippen LogP contribution is -2.42. The summed E-state index contributed by atoms with van der Waals surface area (Å²) in [4.78, 5) is 22.4. The van der Waals surface area contributed by atoms with Gasteiger partial charge >= 0.3 is 6.18 Å². The summed E-state index contributed by atoms with van der Waals surface area (Å²) in [5, 5.41) is 10.6. The summed E-state index contributed by atoms with van der Waals surface area (Å²) in [5.74, 6) is -1.60. The molecule has 1 aromatic rings. The zero-order valence-corrected chi connectivity index (χ0v) is 10.7. The van der Waals surface area contributed by atoms with E-state index in [1.54, 1.807) is 0 Å². The van der Waals surface area contributed by atoms with Crippen molar-refractivity contribution in [2.45, 2.75) is 12.3 Å². The van der Waals surface area contributed by atoms with Crippen molar-refractivity contribution in [1.29, 1.82) is 0 Å². The summed E-state index contributed by atoms with van der Waals surface area (Å²) in [7, 11) is 0. The van der Waals surface area contributed by atoms with Gasteiger partial charge < -0.3 is 20.9 Å². The molecule has 1 unspecified atom stereocenters. The third-order valence-electron chi connectivity index (χ3n) is 2.38. The molecule has 0 fully saturated rings. The highest BCUT2D eigenvalue weighted by Gasteiger charge is 2.38. The molecule has 2 amide bonds. The maximum absolute atomic E-state index is 12.0. The maximum atomic E-state index is 12.0. The maximum Gasteiger partial charge on any atom is 0.416 e. The van der Waals surface area contributed by atoms with Crippen LogP contribution in [-0.2, 0) is 4.79 Å². The number of carbonyl (C=O) groups is 2. The second-order valence-corrected chi connectivity index (χ2v) is 4.01. The number of hydrogen-bond acceptors (Lipinski definition) is 4. The fourth-order valence-corrected chi connectivity index (χ4v) is 1.32. The Balaban J connectivity index is 2.49.